The SMILES string of the molecule is CN(C)/C(CN1CCOCC1)=C1\NC(c2ccccc2)OC1=O. The van der Waals surface area contributed by atoms with Crippen molar-refractivity contribution in [3.05, 3.63) is 47.3 Å². The van der Waals surface area contributed by atoms with Gasteiger partial charge < -0.3 is 19.7 Å². The minimum atomic E-state index is -0.418. The number of carbonyl (C=O) groups excluding carboxylic acids is 1. The molecular weight excluding hydrogens is 294 g/mol. The standard InChI is InChI=1S/C17H23N3O3/c1-19(2)14(12-20-8-10-22-11-9-20)15-17(21)23-16(18-15)13-6-4-3-5-7-13/h3-7,16,18H,8-12H2,1-2H3/b15-14-. The number of benzene rings is 1. The molecule has 2 aliphatic rings. The van der Waals surface area contributed by atoms with Crippen LogP contribution in [-0.4, -0.2) is 62.7 Å². The van der Waals surface area contributed by atoms with Crippen LogP contribution in [0.25, 0.3) is 0 Å². The quantitative estimate of drug-likeness (QED) is 0.659. The molecule has 3 rings (SSSR count). The lowest BCUT2D eigenvalue weighted by atomic mass is 10.2. The number of hydrogen-bond acceptors (Lipinski definition) is 6. The average Bonchev–Trinajstić information content (AvgIpc) is 2.96. The van der Waals surface area contributed by atoms with E-state index in [1.165, 1.54) is 0 Å². The van der Waals surface area contributed by atoms with Crippen molar-refractivity contribution in [2.75, 3.05) is 46.9 Å². The number of rotatable bonds is 4. The molecule has 1 aromatic rings. The summed E-state index contributed by atoms with van der Waals surface area (Å²) in [6, 6.07) is 9.72. The van der Waals surface area contributed by atoms with Crippen molar-refractivity contribution in [1.82, 2.24) is 15.1 Å². The summed E-state index contributed by atoms with van der Waals surface area (Å²) in [6.07, 6.45) is -0.418. The third kappa shape index (κ3) is 3.65. The van der Waals surface area contributed by atoms with Gasteiger partial charge in [0.25, 0.3) is 0 Å². The molecule has 0 amide bonds. The third-order valence-corrected chi connectivity index (χ3v) is 4.11. The molecule has 1 unspecified atom stereocenters. The van der Waals surface area contributed by atoms with Crippen LogP contribution in [0.1, 0.15) is 11.8 Å². The van der Waals surface area contributed by atoms with Crippen molar-refractivity contribution in [2.45, 2.75) is 6.23 Å². The Kier molecular flexibility index (Phi) is 4.83. The maximum absolute atomic E-state index is 12.3. The maximum atomic E-state index is 12.3. The van der Waals surface area contributed by atoms with Crippen LogP contribution in [0.2, 0.25) is 0 Å². The maximum Gasteiger partial charge on any atom is 0.358 e. The summed E-state index contributed by atoms with van der Waals surface area (Å²) >= 11 is 0. The number of ether oxygens (including phenoxy) is 2. The average molecular weight is 317 g/mol. The van der Waals surface area contributed by atoms with E-state index in [0.29, 0.717) is 12.2 Å². The third-order valence-electron chi connectivity index (χ3n) is 4.11. The zero-order valence-electron chi connectivity index (χ0n) is 13.6. The zero-order chi connectivity index (χ0) is 16.2. The van der Waals surface area contributed by atoms with Crippen LogP contribution in [0, 0.1) is 0 Å². The van der Waals surface area contributed by atoms with Gasteiger partial charge >= 0.3 is 5.97 Å². The van der Waals surface area contributed by atoms with Gasteiger partial charge in [0, 0.05) is 39.3 Å². The van der Waals surface area contributed by atoms with E-state index in [1.54, 1.807) is 0 Å². The number of esters is 1. The second-order valence-electron chi connectivity index (χ2n) is 5.95. The Morgan fingerprint density at radius 2 is 1.96 bits per heavy atom. The Bertz CT molecular complexity index is 580. The van der Waals surface area contributed by atoms with Crippen molar-refractivity contribution < 1.29 is 14.3 Å². The first-order valence-corrected chi connectivity index (χ1v) is 7.88. The predicted octanol–water partition coefficient (Wildman–Crippen LogP) is 0.937. The van der Waals surface area contributed by atoms with Crippen LogP contribution >= 0.6 is 0 Å². The fraction of sp³-hybridized carbons (Fsp3) is 0.471. The van der Waals surface area contributed by atoms with Gasteiger partial charge in [-0.25, -0.2) is 4.79 Å². The van der Waals surface area contributed by atoms with Crippen molar-refractivity contribution in [1.29, 1.82) is 0 Å². The molecule has 1 aromatic carbocycles. The van der Waals surface area contributed by atoms with E-state index in [2.05, 4.69) is 10.2 Å². The Labute approximate surface area is 136 Å². The van der Waals surface area contributed by atoms with E-state index < -0.39 is 6.23 Å². The van der Waals surface area contributed by atoms with E-state index in [1.807, 2.05) is 49.3 Å². The molecule has 2 aliphatic heterocycles. The molecule has 0 spiro atoms. The Morgan fingerprint density at radius 1 is 1.26 bits per heavy atom. The zero-order valence-corrected chi connectivity index (χ0v) is 13.6. The summed E-state index contributed by atoms with van der Waals surface area (Å²) in [5.74, 6) is -0.296. The van der Waals surface area contributed by atoms with Gasteiger partial charge in [-0.15, -0.1) is 0 Å². The van der Waals surface area contributed by atoms with Crippen LogP contribution in [0.5, 0.6) is 0 Å². The molecule has 23 heavy (non-hydrogen) atoms. The fourth-order valence-corrected chi connectivity index (χ4v) is 2.78. The Hall–Kier alpha value is -2.05. The summed E-state index contributed by atoms with van der Waals surface area (Å²) in [5, 5.41) is 3.24. The summed E-state index contributed by atoms with van der Waals surface area (Å²) in [6.45, 7) is 3.93. The van der Waals surface area contributed by atoms with Crippen molar-refractivity contribution >= 4 is 5.97 Å². The minimum Gasteiger partial charge on any atom is -0.433 e. The summed E-state index contributed by atoms with van der Waals surface area (Å²) in [5.41, 5.74) is 2.44. The first-order chi connectivity index (χ1) is 11.1. The van der Waals surface area contributed by atoms with E-state index in [4.69, 9.17) is 9.47 Å². The topological polar surface area (TPSA) is 54.0 Å². The Morgan fingerprint density at radius 3 is 2.61 bits per heavy atom. The van der Waals surface area contributed by atoms with Gasteiger partial charge in [-0.2, -0.15) is 0 Å². The minimum absolute atomic E-state index is 0.296. The highest BCUT2D eigenvalue weighted by atomic mass is 16.6. The van der Waals surface area contributed by atoms with Crippen LogP contribution in [0.4, 0.5) is 0 Å². The molecule has 6 heteroatoms. The van der Waals surface area contributed by atoms with Crippen LogP contribution in [-0.2, 0) is 14.3 Å². The summed E-state index contributed by atoms with van der Waals surface area (Å²) < 4.78 is 10.9. The van der Waals surface area contributed by atoms with Gasteiger partial charge in [0.1, 0.15) is 5.70 Å². The molecule has 6 nitrogen and oxygen atoms in total. The highest BCUT2D eigenvalue weighted by Gasteiger charge is 2.33. The van der Waals surface area contributed by atoms with Crippen molar-refractivity contribution in [3.8, 4) is 0 Å². The smallest absolute Gasteiger partial charge is 0.358 e. The number of morpholine rings is 1. The normalized spacial score (nSPS) is 24.1. The molecule has 1 N–H and O–H groups in total. The van der Waals surface area contributed by atoms with Gasteiger partial charge in [0.15, 0.2) is 6.23 Å². The number of carbonyl (C=O) groups is 1. The molecule has 0 aliphatic carbocycles. The van der Waals surface area contributed by atoms with Crippen LogP contribution in [0.3, 0.4) is 0 Å². The van der Waals surface area contributed by atoms with Gasteiger partial charge in [0.05, 0.1) is 18.9 Å². The van der Waals surface area contributed by atoms with E-state index >= 15 is 0 Å². The predicted molar refractivity (Wildman–Crippen MR) is 86.4 cm³/mol. The molecule has 2 heterocycles. The lowest BCUT2D eigenvalue weighted by Crippen LogP contribution is -2.40. The van der Waals surface area contributed by atoms with Gasteiger partial charge in [0.2, 0.25) is 0 Å². The van der Waals surface area contributed by atoms with E-state index in [9.17, 15) is 4.79 Å². The van der Waals surface area contributed by atoms with Crippen molar-refractivity contribution in [3.63, 3.8) is 0 Å². The number of hydrogen-bond donors (Lipinski definition) is 1. The summed E-state index contributed by atoms with van der Waals surface area (Å²) in [4.78, 5) is 16.6. The first-order valence-electron chi connectivity index (χ1n) is 7.88. The molecule has 2 fully saturated rings. The number of likely N-dealkylation sites (N-methyl/N-ethyl adjacent to an activating group) is 1. The fourth-order valence-electron chi connectivity index (χ4n) is 2.78. The highest BCUT2D eigenvalue weighted by molar-refractivity contribution is 5.90. The van der Waals surface area contributed by atoms with Gasteiger partial charge in [-0.3, -0.25) is 4.90 Å². The first kappa shape index (κ1) is 15.8. The molecule has 0 radical (unpaired) electrons. The van der Waals surface area contributed by atoms with Gasteiger partial charge in [-0.1, -0.05) is 30.3 Å². The molecular formula is C17H23N3O3. The lowest BCUT2D eigenvalue weighted by molar-refractivity contribution is -0.139. The van der Waals surface area contributed by atoms with Crippen LogP contribution < -0.4 is 5.32 Å². The molecule has 2 saturated heterocycles. The number of cyclic esters (lactones) is 1. The van der Waals surface area contributed by atoms with E-state index in [0.717, 1.165) is 37.6 Å². The van der Waals surface area contributed by atoms with E-state index in [-0.39, 0.29) is 5.97 Å². The van der Waals surface area contributed by atoms with Gasteiger partial charge in [-0.05, 0) is 0 Å². The monoisotopic (exact) mass is 317 g/mol. The molecule has 124 valence electrons. The molecule has 0 saturated carbocycles. The molecule has 1 atom stereocenters. The van der Waals surface area contributed by atoms with Crippen LogP contribution in [0.15, 0.2) is 41.7 Å². The lowest BCUT2D eigenvalue weighted by Gasteiger charge is -2.30. The molecule has 0 aromatic heterocycles. The second-order valence-corrected chi connectivity index (χ2v) is 5.95. The Balaban J connectivity index is 1.79. The molecule has 0 bridgehead atoms. The summed E-state index contributed by atoms with van der Waals surface area (Å²) in [7, 11) is 3.90. The van der Waals surface area contributed by atoms with Crippen molar-refractivity contribution in [2.24, 2.45) is 0 Å². The highest BCUT2D eigenvalue weighted by Crippen LogP contribution is 2.25. The largest absolute Gasteiger partial charge is 0.433 e. The second kappa shape index (κ2) is 7.02. The number of nitrogens with one attached hydrogen (secondary N) is 1. The number of nitrogens with zero attached hydrogens (tertiary/aromatic N) is 2.